The fourth-order valence-corrected chi connectivity index (χ4v) is 3.73. The molecular weight excluding hydrogens is 323 g/mol. The van der Waals surface area contributed by atoms with Gasteiger partial charge < -0.3 is 20.5 Å². The topological polar surface area (TPSA) is 73.6 Å². The van der Waals surface area contributed by atoms with Crippen LogP contribution in [0, 0.1) is 5.82 Å². The van der Waals surface area contributed by atoms with Gasteiger partial charge in [0.2, 0.25) is 5.91 Å². The molecule has 2 aliphatic rings. The number of nitrogens with two attached hydrogens (primary N) is 1. The minimum absolute atomic E-state index is 0.000918. The molecule has 0 aliphatic carbocycles. The zero-order valence-corrected chi connectivity index (χ0v) is 14.0. The molecule has 25 heavy (non-hydrogen) atoms. The molecule has 3 unspecified atom stereocenters. The van der Waals surface area contributed by atoms with Gasteiger partial charge in [-0.15, -0.1) is 0 Å². The molecule has 0 aromatic heterocycles. The van der Waals surface area contributed by atoms with Gasteiger partial charge in [0.15, 0.2) is 0 Å². The summed E-state index contributed by atoms with van der Waals surface area (Å²) in [4.78, 5) is 12.7. The number of rotatable bonds is 2. The molecule has 0 saturated carbocycles. The molecule has 2 heterocycles. The molecule has 6 heteroatoms. The quantitative estimate of drug-likeness (QED) is 0.823. The zero-order valence-electron chi connectivity index (χ0n) is 14.0. The first kappa shape index (κ1) is 15.7. The Kier molecular flexibility index (Phi) is 3.56. The van der Waals surface area contributed by atoms with Crippen LogP contribution in [0.2, 0.25) is 0 Å². The van der Waals surface area contributed by atoms with Crippen LogP contribution in [0.3, 0.4) is 0 Å². The van der Waals surface area contributed by atoms with Gasteiger partial charge in [-0.25, -0.2) is 4.39 Å². The number of fused-ring (bicyclic) bond motifs is 3. The second-order valence-electron chi connectivity index (χ2n) is 6.50. The Hall–Kier alpha value is -2.76. The van der Waals surface area contributed by atoms with E-state index in [9.17, 15) is 9.18 Å². The minimum atomic E-state index is -0.534. The highest BCUT2D eigenvalue weighted by Crippen LogP contribution is 2.53. The highest BCUT2D eigenvalue weighted by Gasteiger charge is 2.44. The van der Waals surface area contributed by atoms with Crippen LogP contribution in [0.5, 0.6) is 11.5 Å². The Morgan fingerprint density at radius 1 is 1.28 bits per heavy atom. The van der Waals surface area contributed by atoms with Crippen molar-refractivity contribution in [2.24, 2.45) is 0 Å². The van der Waals surface area contributed by atoms with Crippen molar-refractivity contribution in [1.29, 1.82) is 0 Å². The maximum Gasteiger partial charge on any atom is 0.231 e. The van der Waals surface area contributed by atoms with Gasteiger partial charge in [0.1, 0.15) is 35.4 Å². The molecule has 0 fully saturated rings. The first-order valence-corrected chi connectivity index (χ1v) is 8.25. The standard InChI is InChI=1S/C19H19FN2O3/c1-9-7-12-15-14(8-13(21)18(12)24-9)25-17(16(15)19(23)22-2)10-3-5-11(20)6-4-10/h3-6,8-9,16-17H,7,21H2,1-2H3,(H,22,23). The van der Waals surface area contributed by atoms with E-state index in [0.29, 0.717) is 23.6 Å². The molecule has 0 saturated heterocycles. The highest BCUT2D eigenvalue weighted by molar-refractivity contribution is 5.88. The molecule has 2 aromatic carbocycles. The number of likely N-dealkylation sites (N-methyl/N-ethyl adjacent to an activating group) is 1. The van der Waals surface area contributed by atoms with E-state index >= 15 is 0 Å². The van der Waals surface area contributed by atoms with Crippen molar-refractivity contribution >= 4 is 11.6 Å². The van der Waals surface area contributed by atoms with Crippen LogP contribution in [0.4, 0.5) is 10.1 Å². The number of hydrogen-bond acceptors (Lipinski definition) is 4. The van der Waals surface area contributed by atoms with Crippen molar-refractivity contribution in [2.75, 3.05) is 12.8 Å². The average Bonchev–Trinajstić information content (AvgIpc) is 3.15. The maximum absolute atomic E-state index is 13.3. The Morgan fingerprint density at radius 3 is 2.68 bits per heavy atom. The van der Waals surface area contributed by atoms with Gasteiger partial charge in [-0.1, -0.05) is 12.1 Å². The van der Waals surface area contributed by atoms with E-state index in [2.05, 4.69) is 5.32 Å². The SMILES string of the molecule is CNC(=O)C1c2c(cc(N)c3c2CC(C)O3)OC1c1ccc(F)cc1. The molecule has 4 rings (SSSR count). The van der Waals surface area contributed by atoms with E-state index in [1.54, 1.807) is 25.2 Å². The average molecular weight is 342 g/mol. The lowest BCUT2D eigenvalue weighted by atomic mass is 9.86. The van der Waals surface area contributed by atoms with Crippen LogP contribution in [-0.2, 0) is 11.2 Å². The number of carbonyl (C=O) groups is 1. The summed E-state index contributed by atoms with van der Waals surface area (Å²) < 4.78 is 25.2. The number of ether oxygens (including phenoxy) is 2. The summed E-state index contributed by atoms with van der Waals surface area (Å²) in [6, 6.07) is 7.74. The number of halogens is 1. The third-order valence-electron chi connectivity index (χ3n) is 4.82. The first-order valence-electron chi connectivity index (χ1n) is 8.25. The van der Waals surface area contributed by atoms with E-state index in [-0.39, 0.29) is 17.8 Å². The molecular formula is C19H19FN2O3. The monoisotopic (exact) mass is 342 g/mol. The fraction of sp³-hybridized carbons (Fsp3) is 0.316. The third-order valence-corrected chi connectivity index (χ3v) is 4.82. The van der Waals surface area contributed by atoms with E-state index in [1.165, 1.54) is 12.1 Å². The lowest BCUT2D eigenvalue weighted by Gasteiger charge is -2.19. The molecule has 0 spiro atoms. The number of carbonyl (C=O) groups excluding carboxylic acids is 1. The van der Waals surface area contributed by atoms with Crippen molar-refractivity contribution in [3.8, 4) is 11.5 Å². The molecule has 0 bridgehead atoms. The van der Waals surface area contributed by atoms with Crippen LogP contribution >= 0.6 is 0 Å². The van der Waals surface area contributed by atoms with Crippen molar-refractivity contribution < 1.29 is 18.7 Å². The predicted molar refractivity (Wildman–Crippen MR) is 91.2 cm³/mol. The summed E-state index contributed by atoms with van der Waals surface area (Å²) in [6.07, 6.45) is 0.145. The predicted octanol–water partition coefficient (Wildman–Crippen LogP) is 2.69. The number of nitrogen functional groups attached to an aromatic ring is 1. The Morgan fingerprint density at radius 2 is 2.00 bits per heavy atom. The largest absolute Gasteiger partial charge is 0.488 e. The summed E-state index contributed by atoms with van der Waals surface area (Å²) in [5.74, 6) is 0.219. The lowest BCUT2D eigenvalue weighted by Crippen LogP contribution is -2.29. The summed E-state index contributed by atoms with van der Waals surface area (Å²) in [5.41, 5.74) is 9.11. The van der Waals surface area contributed by atoms with Crippen LogP contribution in [0.15, 0.2) is 30.3 Å². The van der Waals surface area contributed by atoms with Gasteiger partial charge in [-0.2, -0.15) is 0 Å². The lowest BCUT2D eigenvalue weighted by molar-refractivity contribution is -0.123. The highest BCUT2D eigenvalue weighted by atomic mass is 19.1. The van der Waals surface area contributed by atoms with Crippen molar-refractivity contribution in [1.82, 2.24) is 5.32 Å². The van der Waals surface area contributed by atoms with E-state index < -0.39 is 12.0 Å². The minimum Gasteiger partial charge on any atom is -0.488 e. The Balaban J connectivity index is 1.86. The molecule has 2 aromatic rings. The molecule has 3 N–H and O–H groups in total. The van der Waals surface area contributed by atoms with Crippen molar-refractivity contribution in [2.45, 2.75) is 31.5 Å². The van der Waals surface area contributed by atoms with Gasteiger partial charge in [0.05, 0.1) is 5.69 Å². The Bertz CT molecular complexity index is 851. The molecule has 1 amide bonds. The second kappa shape index (κ2) is 5.65. The van der Waals surface area contributed by atoms with Crippen molar-refractivity contribution in [3.05, 3.63) is 52.8 Å². The second-order valence-corrected chi connectivity index (χ2v) is 6.50. The van der Waals surface area contributed by atoms with Crippen LogP contribution in [-0.4, -0.2) is 19.1 Å². The number of amides is 1. The van der Waals surface area contributed by atoms with Gasteiger partial charge in [-0.3, -0.25) is 4.79 Å². The maximum atomic E-state index is 13.3. The van der Waals surface area contributed by atoms with Crippen LogP contribution in [0.1, 0.15) is 35.6 Å². The normalized spacial score (nSPS) is 23.4. The first-order chi connectivity index (χ1) is 12.0. The summed E-state index contributed by atoms with van der Waals surface area (Å²) in [5, 5.41) is 2.71. The third kappa shape index (κ3) is 2.40. The summed E-state index contributed by atoms with van der Waals surface area (Å²) in [7, 11) is 1.60. The molecule has 5 nitrogen and oxygen atoms in total. The molecule has 3 atom stereocenters. The van der Waals surface area contributed by atoms with Gasteiger partial charge in [0, 0.05) is 30.7 Å². The number of anilines is 1. The smallest absolute Gasteiger partial charge is 0.231 e. The Labute approximate surface area is 144 Å². The van der Waals surface area contributed by atoms with E-state index in [1.807, 2.05) is 6.92 Å². The summed E-state index contributed by atoms with van der Waals surface area (Å²) in [6.45, 7) is 1.97. The fourth-order valence-electron chi connectivity index (χ4n) is 3.73. The van der Waals surface area contributed by atoms with Gasteiger partial charge in [0.25, 0.3) is 0 Å². The number of benzene rings is 2. The molecule has 2 aliphatic heterocycles. The van der Waals surface area contributed by atoms with Gasteiger partial charge >= 0.3 is 0 Å². The van der Waals surface area contributed by atoms with Crippen molar-refractivity contribution in [3.63, 3.8) is 0 Å². The van der Waals surface area contributed by atoms with Crippen LogP contribution < -0.4 is 20.5 Å². The van der Waals surface area contributed by atoms with E-state index in [0.717, 1.165) is 16.7 Å². The zero-order chi connectivity index (χ0) is 17.7. The molecule has 130 valence electrons. The number of nitrogens with one attached hydrogen (secondary N) is 1. The van der Waals surface area contributed by atoms with Crippen LogP contribution in [0.25, 0.3) is 0 Å². The summed E-state index contributed by atoms with van der Waals surface area (Å²) >= 11 is 0. The van der Waals surface area contributed by atoms with Gasteiger partial charge in [-0.05, 0) is 24.6 Å². The van der Waals surface area contributed by atoms with E-state index in [4.69, 9.17) is 15.2 Å². The molecule has 0 radical (unpaired) electrons. The number of hydrogen-bond donors (Lipinski definition) is 2.